The van der Waals surface area contributed by atoms with E-state index in [2.05, 4.69) is 15.2 Å². The summed E-state index contributed by atoms with van der Waals surface area (Å²) in [7, 11) is 2.82. The van der Waals surface area contributed by atoms with Crippen molar-refractivity contribution in [2.24, 2.45) is 0 Å². The second-order valence-electron chi connectivity index (χ2n) is 2.37. The number of halogens is 1. The highest BCUT2D eigenvalue weighted by atomic mass is 19.1. The van der Waals surface area contributed by atoms with Crippen molar-refractivity contribution in [3.05, 3.63) is 0 Å². The smallest absolute Gasteiger partial charge is 0.307 e. The zero-order valence-corrected chi connectivity index (χ0v) is 7.17. The van der Waals surface area contributed by atoms with Gasteiger partial charge in [0.05, 0.1) is 19.6 Å². The number of ether oxygens (including phenoxy) is 1. The van der Waals surface area contributed by atoms with Crippen LogP contribution in [0.25, 0.3) is 0 Å². The molecule has 0 heterocycles. The first-order valence-electron chi connectivity index (χ1n) is 4.02. The minimum atomic E-state index is -0.941. The maximum atomic E-state index is 12.2. The van der Waals surface area contributed by atoms with E-state index in [1.54, 1.807) is 7.05 Å². The Bertz CT molecular complexity index is 155. The lowest BCUT2D eigenvalue weighted by atomic mass is 10.1. The van der Waals surface area contributed by atoms with Crippen LogP contribution in [0.15, 0.2) is 0 Å². The van der Waals surface area contributed by atoms with Gasteiger partial charge in [-0.1, -0.05) is 0 Å². The molecule has 0 saturated heterocycles. The van der Waals surface area contributed by atoms with Crippen LogP contribution in [-0.2, 0) is 9.53 Å². The van der Waals surface area contributed by atoms with Gasteiger partial charge in [0.15, 0.2) is 0 Å². The summed E-state index contributed by atoms with van der Waals surface area (Å²) >= 11 is 0. The molecule has 0 unspecified atom stereocenters. The van der Waals surface area contributed by atoms with Crippen molar-refractivity contribution in [1.29, 1.82) is 1.43 Å². The Morgan fingerprint density at radius 3 is 2.92 bits per heavy atom. The maximum Gasteiger partial charge on any atom is 0.307 e. The fourth-order valence-corrected chi connectivity index (χ4v) is 0.790. The van der Waals surface area contributed by atoms with E-state index in [-0.39, 0.29) is 6.42 Å². The summed E-state index contributed by atoms with van der Waals surface area (Å²) in [6.07, 6.45) is -0.954. The van der Waals surface area contributed by atoms with Crippen molar-refractivity contribution < 1.29 is 19.0 Å². The molecule has 0 aromatic heterocycles. The molecule has 0 fully saturated rings. The van der Waals surface area contributed by atoms with Gasteiger partial charge in [0, 0.05) is 6.04 Å². The standard InChI is InChI=1S/C7H14FNO3/c1-9-5(6(10)4-8)3-7(11)12-2/h5-6,9-10H,3-4H2,1-2H3/t5-,6-/m1/s1/i10T. The number of aliphatic hydroxyl groups is 1. The number of likely N-dealkylation sites (N-methyl/N-ethyl adjacent to an activating group) is 1. The molecule has 0 rings (SSSR count). The summed E-state index contributed by atoms with van der Waals surface area (Å²) in [4.78, 5) is 10.8. The number of rotatable bonds is 6. The highest BCUT2D eigenvalue weighted by Crippen LogP contribution is 2.00. The molecular weight excluding hydrogens is 165 g/mol. The molecule has 12 heavy (non-hydrogen) atoms. The zero-order valence-electron chi connectivity index (χ0n) is 8.17. The minimum Gasteiger partial charge on any atom is -0.469 e. The average molecular weight is 181 g/mol. The number of esters is 1. The van der Waals surface area contributed by atoms with Crippen molar-refractivity contribution in [2.45, 2.75) is 18.6 Å². The van der Waals surface area contributed by atoms with E-state index >= 15 is 0 Å². The Balaban J connectivity index is 4.06. The molecule has 5 heteroatoms. The molecule has 2 N–H and O–H groups in total. The van der Waals surface area contributed by atoms with Gasteiger partial charge in [-0.15, -0.1) is 0 Å². The number of hydrogen-bond acceptors (Lipinski definition) is 4. The summed E-state index contributed by atoms with van der Waals surface area (Å²) in [6, 6.07) is -0.532. The molecular formula is C7H14FNO3. The van der Waals surface area contributed by atoms with Crippen LogP contribution < -0.4 is 5.32 Å². The van der Waals surface area contributed by atoms with Crippen LogP contribution in [0.2, 0.25) is 0 Å². The molecule has 0 aromatic carbocycles. The lowest BCUT2D eigenvalue weighted by Gasteiger charge is -2.18. The van der Waals surface area contributed by atoms with Crippen LogP contribution in [-0.4, -0.2) is 45.5 Å². The third-order valence-electron chi connectivity index (χ3n) is 1.59. The first-order valence-corrected chi connectivity index (χ1v) is 3.61. The highest BCUT2D eigenvalue weighted by Gasteiger charge is 2.20. The molecule has 4 nitrogen and oxygen atoms in total. The Labute approximate surface area is 72.2 Å². The Morgan fingerprint density at radius 2 is 2.58 bits per heavy atom. The minimum absolute atomic E-state index is 0.0134. The van der Waals surface area contributed by atoms with Crippen molar-refractivity contribution in [1.82, 2.24) is 5.32 Å². The fourth-order valence-electron chi connectivity index (χ4n) is 0.790. The molecule has 0 aromatic rings. The first-order chi connectivity index (χ1) is 6.19. The third kappa shape index (κ3) is 3.64. The van der Waals surface area contributed by atoms with Gasteiger partial charge >= 0.3 is 5.97 Å². The second-order valence-corrected chi connectivity index (χ2v) is 2.37. The normalized spacial score (nSPS) is 16.4. The number of hydrogen-bond donors (Lipinski definition) is 2. The van der Waals surface area contributed by atoms with Crippen LogP contribution in [0, 0.1) is 0 Å². The Morgan fingerprint density at radius 1 is 1.92 bits per heavy atom. The fraction of sp³-hybridized carbons (Fsp3) is 0.857. The molecule has 2 atom stereocenters. The SMILES string of the molecule is [3H]O[C@H](CF)[C@@H](CC(=O)OC)NC. The van der Waals surface area contributed by atoms with Crippen LogP contribution in [0.3, 0.4) is 0 Å². The summed E-state index contributed by atoms with van der Waals surface area (Å²) in [5.41, 5.74) is 0. The van der Waals surface area contributed by atoms with Crippen LogP contribution in [0.5, 0.6) is 0 Å². The van der Waals surface area contributed by atoms with Gasteiger partial charge in [-0.05, 0) is 7.05 Å². The van der Waals surface area contributed by atoms with Gasteiger partial charge in [0.1, 0.15) is 6.67 Å². The quantitative estimate of drug-likeness (QED) is 0.541. The van der Waals surface area contributed by atoms with Gasteiger partial charge in [-0.25, -0.2) is 4.39 Å². The number of nitrogens with one attached hydrogen (secondary N) is 1. The van der Waals surface area contributed by atoms with E-state index in [0.29, 0.717) is 0 Å². The topological polar surface area (TPSA) is 58.6 Å². The van der Waals surface area contributed by atoms with E-state index in [9.17, 15) is 9.18 Å². The van der Waals surface area contributed by atoms with E-state index in [1.165, 1.54) is 7.11 Å². The van der Waals surface area contributed by atoms with Gasteiger partial charge in [0.25, 0.3) is 0 Å². The largest absolute Gasteiger partial charge is 0.469 e. The predicted molar refractivity (Wildman–Crippen MR) is 41.5 cm³/mol. The van der Waals surface area contributed by atoms with Crippen LogP contribution >= 0.6 is 0 Å². The van der Waals surface area contributed by atoms with Crippen molar-refractivity contribution >= 4 is 5.97 Å². The highest BCUT2D eigenvalue weighted by molar-refractivity contribution is 5.70. The van der Waals surface area contributed by atoms with Crippen molar-refractivity contribution in [2.75, 3.05) is 20.8 Å². The van der Waals surface area contributed by atoms with E-state index in [4.69, 9.17) is 1.43 Å². The lowest BCUT2D eigenvalue weighted by molar-refractivity contribution is -0.142. The number of carbonyl (C=O) groups is 1. The molecule has 0 amide bonds. The second kappa shape index (κ2) is 5.91. The molecule has 0 spiro atoms. The zero-order chi connectivity index (χ0) is 10.3. The van der Waals surface area contributed by atoms with Crippen LogP contribution in [0.1, 0.15) is 6.42 Å². The number of aliphatic hydroxyl groups excluding tert-OH is 1. The molecule has 0 aliphatic rings. The molecule has 0 aliphatic heterocycles. The van der Waals surface area contributed by atoms with Crippen molar-refractivity contribution in [3.8, 4) is 0 Å². The summed E-state index contributed by atoms with van der Waals surface area (Å²) in [5.74, 6) is -0.463. The molecule has 72 valence electrons. The van der Waals surface area contributed by atoms with Gasteiger partial charge in [-0.3, -0.25) is 4.79 Å². The van der Waals surface area contributed by atoms with E-state index in [1.807, 2.05) is 0 Å². The van der Waals surface area contributed by atoms with E-state index < -0.39 is 24.8 Å². The third-order valence-corrected chi connectivity index (χ3v) is 1.59. The van der Waals surface area contributed by atoms with E-state index in [0.717, 1.165) is 0 Å². The Hall–Kier alpha value is -0.680. The number of alkyl halides is 1. The molecule has 0 bridgehead atoms. The van der Waals surface area contributed by atoms with Crippen LogP contribution in [0.4, 0.5) is 4.39 Å². The predicted octanol–water partition coefficient (Wildman–Crippen LogP) is -0.532. The summed E-state index contributed by atoms with van der Waals surface area (Å²) < 4.78 is 23.2. The Kier molecular flexibility index (Phi) is 4.63. The van der Waals surface area contributed by atoms with Gasteiger partial charge in [-0.2, -0.15) is 0 Å². The molecule has 0 saturated carbocycles. The summed E-state index contributed by atoms with van der Waals surface area (Å²) in [5, 5.41) is 6.79. The van der Waals surface area contributed by atoms with Gasteiger partial charge in [0.2, 0.25) is 1.43 Å². The molecule has 0 aliphatic carbocycles. The number of methoxy groups -OCH3 is 1. The lowest BCUT2D eigenvalue weighted by Crippen LogP contribution is -2.40. The summed E-state index contributed by atoms with van der Waals surface area (Å²) in [6.45, 7) is -0.813. The monoisotopic (exact) mass is 181 g/mol. The van der Waals surface area contributed by atoms with Crippen molar-refractivity contribution in [3.63, 3.8) is 0 Å². The number of carbonyl (C=O) groups excluding carboxylic acids is 1. The van der Waals surface area contributed by atoms with Gasteiger partial charge < -0.3 is 15.2 Å². The first kappa shape index (κ1) is 9.41. The molecule has 0 radical (unpaired) electrons. The maximum absolute atomic E-state index is 12.2. The average Bonchev–Trinajstić information content (AvgIpc) is 2.17.